The quantitative estimate of drug-likeness (QED) is 0.155. The number of esters is 1. The first kappa shape index (κ1) is 25.8. The standard InChI is InChI=1S/C27H23FN2O6S/c1-5-12-36-19-11-10-16(13-14(19)2)22(31)20-21(17-8-6-7-9-18(17)28)30(25(33)23(20)32)27-29-15(3)24(37-27)26(34)35-4/h5-11,13,21,31H,1,12H2,2-4H3/b22-20+. The molecule has 10 heteroatoms. The van der Waals surface area contributed by atoms with Crippen molar-refractivity contribution in [2.75, 3.05) is 18.6 Å². The van der Waals surface area contributed by atoms with E-state index in [1.807, 2.05) is 0 Å². The second-order valence-corrected chi connectivity index (χ2v) is 9.15. The van der Waals surface area contributed by atoms with Gasteiger partial charge in [0.15, 0.2) is 5.13 Å². The lowest BCUT2D eigenvalue weighted by Gasteiger charge is -2.23. The molecular weight excluding hydrogens is 499 g/mol. The molecule has 0 radical (unpaired) electrons. The lowest BCUT2D eigenvalue weighted by molar-refractivity contribution is -0.132. The fourth-order valence-electron chi connectivity index (χ4n) is 4.05. The maximum atomic E-state index is 15.1. The van der Waals surface area contributed by atoms with Crippen molar-refractivity contribution in [1.82, 2.24) is 4.98 Å². The molecule has 1 atom stereocenters. The summed E-state index contributed by atoms with van der Waals surface area (Å²) in [4.78, 5) is 44.2. The maximum Gasteiger partial charge on any atom is 0.350 e. The van der Waals surface area contributed by atoms with Gasteiger partial charge >= 0.3 is 11.9 Å². The summed E-state index contributed by atoms with van der Waals surface area (Å²) < 4.78 is 25.4. The maximum absolute atomic E-state index is 15.1. The molecule has 1 aromatic heterocycles. The van der Waals surface area contributed by atoms with Gasteiger partial charge in [0.2, 0.25) is 0 Å². The smallest absolute Gasteiger partial charge is 0.350 e. The fourth-order valence-corrected chi connectivity index (χ4v) is 5.06. The Hall–Kier alpha value is -4.31. The number of aryl methyl sites for hydroxylation is 2. The number of thiazole rings is 1. The van der Waals surface area contributed by atoms with Crippen molar-refractivity contribution in [2.24, 2.45) is 0 Å². The Morgan fingerprint density at radius 1 is 1.24 bits per heavy atom. The summed E-state index contributed by atoms with van der Waals surface area (Å²) in [7, 11) is 1.21. The Morgan fingerprint density at radius 2 is 1.97 bits per heavy atom. The third kappa shape index (κ3) is 4.63. The number of ketones is 1. The summed E-state index contributed by atoms with van der Waals surface area (Å²) in [6, 6.07) is 9.08. The molecule has 190 valence electrons. The molecule has 0 aliphatic carbocycles. The zero-order chi connectivity index (χ0) is 26.9. The highest BCUT2D eigenvalue weighted by Gasteiger charge is 2.49. The van der Waals surface area contributed by atoms with E-state index in [4.69, 9.17) is 9.47 Å². The average molecular weight is 523 g/mol. The number of aliphatic hydroxyl groups excluding tert-OH is 1. The summed E-state index contributed by atoms with van der Waals surface area (Å²) >= 11 is 0.837. The second kappa shape index (κ2) is 10.4. The topological polar surface area (TPSA) is 106 Å². The van der Waals surface area contributed by atoms with Crippen LogP contribution in [0.15, 0.2) is 60.7 Å². The monoisotopic (exact) mass is 522 g/mol. The molecule has 1 aliphatic heterocycles. The van der Waals surface area contributed by atoms with Crippen LogP contribution >= 0.6 is 11.3 Å². The number of nitrogens with zero attached hydrogens (tertiary/aromatic N) is 2. The molecule has 1 unspecified atom stereocenters. The first-order valence-corrected chi connectivity index (χ1v) is 12.0. The number of carbonyl (C=O) groups is 3. The summed E-state index contributed by atoms with van der Waals surface area (Å²) in [5.41, 5.74) is 0.876. The van der Waals surface area contributed by atoms with E-state index >= 15 is 4.39 Å². The van der Waals surface area contributed by atoms with Gasteiger partial charge in [0.05, 0.1) is 18.4 Å². The molecule has 2 aromatic carbocycles. The van der Waals surface area contributed by atoms with Crippen LogP contribution in [0.1, 0.15) is 38.1 Å². The van der Waals surface area contributed by atoms with Crippen molar-refractivity contribution in [3.05, 3.63) is 93.8 Å². The third-order valence-corrected chi connectivity index (χ3v) is 6.95. The van der Waals surface area contributed by atoms with E-state index in [-0.39, 0.29) is 39.0 Å². The SMILES string of the molecule is C=CCOc1ccc(/C(O)=C2\C(=O)C(=O)N(c3nc(C)c(C(=O)OC)s3)C2c2ccccc2F)cc1C. The number of anilines is 1. The van der Waals surface area contributed by atoms with E-state index in [2.05, 4.69) is 11.6 Å². The number of hydrogen-bond acceptors (Lipinski definition) is 8. The first-order valence-electron chi connectivity index (χ1n) is 11.2. The van der Waals surface area contributed by atoms with Crippen molar-refractivity contribution in [1.29, 1.82) is 0 Å². The molecule has 2 heterocycles. The van der Waals surface area contributed by atoms with E-state index in [1.165, 1.54) is 31.4 Å². The number of ether oxygens (including phenoxy) is 2. The molecule has 4 rings (SSSR count). The summed E-state index contributed by atoms with van der Waals surface area (Å²) in [5, 5.41) is 11.3. The van der Waals surface area contributed by atoms with Crippen LogP contribution in [0.2, 0.25) is 0 Å². The molecule has 1 N–H and O–H groups in total. The number of hydrogen-bond donors (Lipinski definition) is 1. The Balaban J connectivity index is 1.91. The van der Waals surface area contributed by atoms with Crippen molar-refractivity contribution in [3.8, 4) is 5.75 Å². The average Bonchev–Trinajstić information content (AvgIpc) is 3.39. The van der Waals surface area contributed by atoms with Crippen LogP contribution in [0.25, 0.3) is 5.76 Å². The minimum atomic E-state index is -1.32. The zero-order valence-corrected chi connectivity index (χ0v) is 21.1. The minimum absolute atomic E-state index is 0.00310. The Morgan fingerprint density at radius 3 is 2.62 bits per heavy atom. The molecule has 37 heavy (non-hydrogen) atoms. The van der Waals surface area contributed by atoms with Crippen LogP contribution in [0.3, 0.4) is 0 Å². The number of halogens is 1. The molecular formula is C27H23FN2O6S. The van der Waals surface area contributed by atoms with Crippen molar-refractivity contribution in [3.63, 3.8) is 0 Å². The predicted molar refractivity (Wildman–Crippen MR) is 136 cm³/mol. The molecule has 1 aliphatic rings. The Labute approximate surface area is 216 Å². The van der Waals surface area contributed by atoms with Gasteiger partial charge in [-0.05, 0) is 43.7 Å². The number of methoxy groups -OCH3 is 1. The Kier molecular flexibility index (Phi) is 7.21. The van der Waals surface area contributed by atoms with Crippen LogP contribution in [-0.2, 0) is 14.3 Å². The minimum Gasteiger partial charge on any atom is -0.507 e. The highest BCUT2D eigenvalue weighted by atomic mass is 32.1. The largest absolute Gasteiger partial charge is 0.507 e. The number of amides is 1. The van der Waals surface area contributed by atoms with Crippen LogP contribution in [0.5, 0.6) is 5.75 Å². The van der Waals surface area contributed by atoms with Gasteiger partial charge in [0, 0.05) is 11.1 Å². The molecule has 0 saturated carbocycles. The van der Waals surface area contributed by atoms with Gasteiger partial charge in [-0.3, -0.25) is 14.5 Å². The van der Waals surface area contributed by atoms with Crippen LogP contribution < -0.4 is 9.64 Å². The van der Waals surface area contributed by atoms with Gasteiger partial charge in [-0.2, -0.15) is 0 Å². The van der Waals surface area contributed by atoms with E-state index in [0.717, 1.165) is 16.2 Å². The van der Waals surface area contributed by atoms with Crippen molar-refractivity contribution < 1.29 is 33.4 Å². The van der Waals surface area contributed by atoms with Crippen LogP contribution in [-0.4, -0.2) is 41.5 Å². The number of Topliss-reactive ketones (excluding diaryl/α,β-unsaturated/α-hetero) is 1. The van der Waals surface area contributed by atoms with Gasteiger partial charge < -0.3 is 14.6 Å². The number of carbonyl (C=O) groups excluding carboxylic acids is 3. The predicted octanol–water partition coefficient (Wildman–Crippen LogP) is 4.88. The van der Waals surface area contributed by atoms with Gasteiger partial charge in [0.25, 0.3) is 5.78 Å². The fraction of sp³-hybridized carbons (Fsp3) is 0.185. The van der Waals surface area contributed by atoms with Gasteiger partial charge in [-0.25, -0.2) is 14.2 Å². The molecule has 0 bridgehead atoms. The second-order valence-electron chi connectivity index (χ2n) is 8.17. The molecule has 8 nitrogen and oxygen atoms in total. The number of aromatic nitrogens is 1. The highest BCUT2D eigenvalue weighted by Crippen LogP contribution is 2.44. The number of rotatable bonds is 7. The first-order chi connectivity index (χ1) is 17.7. The summed E-state index contributed by atoms with van der Waals surface area (Å²) in [5.74, 6) is -3.29. The lowest BCUT2D eigenvalue weighted by atomic mass is 9.94. The molecule has 0 spiro atoms. The van der Waals surface area contributed by atoms with E-state index in [1.54, 1.807) is 38.1 Å². The van der Waals surface area contributed by atoms with Crippen LogP contribution in [0.4, 0.5) is 9.52 Å². The molecule has 1 saturated heterocycles. The highest BCUT2D eigenvalue weighted by molar-refractivity contribution is 7.17. The van der Waals surface area contributed by atoms with E-state index in [9.17, 15) is 19.5 Å². The number of benzene rings is 2. The zero-order valence-electron chi connectivity index (χ0n) is 20.3. The van der Waals surface area contributed by atoms with Crippen molar-refractivity contribution >= 4 is 39.9 Å². The van der Waals surface area contributed by atoms with Crippen LogP contribution in [0, 0.1) is 19.7 Å². The molecule has 1 amide bonds. The van der Waals surface area contributed by atoms with E-state index in [0.29, 0.717) is 11.3 Å². The summed E-state index contributed by atoms with van der Waals surface area (Å²) in [6.45, 7) is 7.21. The van der Waals surface area contributed by atoms with Gasteiger partial charge in [-0.15, -0.1) is 0 Å². The molecule has 3 aromatic rings. The van der Waals surface area contributed by atoms with E-state index < -0.39 is 35.3 Å². The van der Waals surface area contributed by atoms with Gasteiger partial charge in [-0.1, -0.05) is 42.2 Å². The lowest BCUT2D eigenvalue weighted by Crippen LogP contribution is -2.29. The summed E-state index contributed by atoms with van der Waals surface area (Å²) in [6.07, 6.45) is 1.59. The molecule has 1 fully saturated rings. The normalized spacial score (nSPS) is 16.6. The van der Waals surface area contributed by atoms with Gasteiger partial charge in [0.1, 0.15) is 34.9 Å². The number of aliphatic hydroxyl groups is 1. The Bertz CT molecular complexity index is 1460. The third-order valence-electron chi connectivity index (χ3n) is 5.81. The van der Waals surface area contributed by atoms with Crippen molar-refractivity contribution in [2.45, 2.75) is 19.9 Å².